The Bertz CT molecular complexity index is 607. The van der Waals surface area contributed by atoms with Gasteiger partial charge in [-0.1, -0.05) is 36.4 Å². The fourth-order valence-electron chi connectivity index (χ4n) is 1.97. The first-order valence-corrected chi connectivity index (χ1v) is 5.34. The highest BCUT2D eigenvalue weighted by atomic mass is 15.6. The van der Waals surface area contributed by atoms with Gasteiger partial charge in [-0.15, -0.1) is 0 Å². The average Bonchev–Trinajstić information content (AvgIpc) is 2.70. The van der Waals surface area contributed by atoms with Crippen LogP contribution in [0.5, 0.6) is 0 Å². The quantitative estimate of drug-likeness (QED) is 0.565. The van der Waals surface area contributed by atoms with Gasteiger partial charge in [0.15, 0.2) is 0 Å². The third-order valence-corrected chi connectivity index (χ3v) is 2.87. The van der Waals surface area contributed by atoms with Crippen molar-refractivity contribution >= 4 is 16.7 Å². The second kappa shape index (κ2) is 3.44. The van der Waals surface area contributed by atoms with Gasteiger partial charge in [0.05, 0.1) is 0 Å². The van der Waals surface area contributed by atoms with Gasteiger partial charge < -0.3 is 5.73 Å². The Morgan fingerprint density at radius 2 is 1.82 bits per heavy atom. The lowest BCUT2D eigenvalue weighted by Crippen LogP contribution is -2.50. The van der Waals surface area contributed by atoms with Crippen LogP contribution in [-0.2, 0) is 5.79 Å². The van der Waals surface area contributed by atoms with Gasteiger partial charge in [0, 0.05) is 5.56 Å². The van der Waals surface area contributed by atoms with E-state index in [1.165, 1.54) is 5.39 Å². The fraction of sp³-hybridized carbons (Fsp3) is 0.0833. The lowest BCUT2D eigenvalue weighted by Gasteiger charge is -2.20. The average molecular weight is 227 g/mol. The number of hydrogen-bond acceptors (Lipinski definition) is 5. The van der Waals surface area contributed by atoms with Crippen molar-refractivity contribution in [2.45, 2.75) is 5.79 Å². The van der Waals surface area contributed by atoms with Crippen molar-refractivity contribution in [2.24, 2.45) is 16.5 Å². The zero-order valence-electron chi connectivity index (χ0n) is 9.14. The Morgan fingerprint density at radius 1 is 1.06 bits per heavy atom. The summed E-state index contributed by atoms with van der Waals surface area (Å²) < 4.78 is 0. The Hall–Kier alpha value is -2.11. The van der Waals surface area contributed by atoms with E-state index in [1.807, 2.05) is 36.4 Å². The maximum Gasteiger partial charge on any atom is 0.209 e. The molecule has 1 unspecified atom stereocenters. The minimum Gasteiger partial charge on any atom is -0.369 e. The third-order valence-electron chi connectivity index (χ3n) is 2.87. The summed E-state index contributed by atoms with van der Waals surface area (Å²) in [7, 11) is 0. The molecule has 0 spiro atoms. The molecule has 0 saturated carbocycles. The Labute approximate surface area is 98.5 Å². The topological polar surface area (TPSA) is 88.5 Å². The standard InChI is InChI=1S/C12H13N5/c13-11-15-12(14,17-16-11)10-6-5-8-3-1-2-4-9(8)7-10/h1-7,17H,14H2,(H3,13,15,16). The molecule has 1 aliphatic rings. The Kier molecular flexibility index (Phi) is 2.04. The molecule has 5 heteroatoms. The predicted octanol–water partition coefficient (Wildman–Crippen LogP) is 0.331. The molecule has 1 atom stereocenters. The van der Waals surface area contributed by atoms with Crippen molar-refractivity contribution in [1.82, 2.24) is 10.9 Å². The fourth-order valence-corrected chi connectivity index (χ4v) is 1.97. The normalized spacial score (nSPS) is 23.5. The molecule has 6 N–H and O–H groups in total. The molecule has 2 aromatic carbocycles. The number of hydrogen-bond donors (Lipinski definition) is 4. The molecule has 0 radical (unpaired) electrons. The van der Waals surface area contributed by atoms with E-state index in [2.05, 4.69) is 21.9 Å². The van der Waals surface area contributed by atoms with Gasteiger partial charge in [-0.2, -0.15) is 5.43 Å². The molecule has 17 heavy (non-hydrogen) atoms. The first-order chi connectivity index (χ1) is 8.17. The number of nitrogens with zero attached hydrogens (tertiary/aromatic N) is 1. The molecule has 0 aromatic heterocycles. The van der Waals surface area contributed by atoms with Crippen LogP contribution in [0.25, 0.3) is 10.8 Å². The van der Waals surface area contributed by atoms with E-state index in [1.54, 1.807) is 0 Å². The molecule has 0 aliphatic carbocycles. The summed E-state index contributed by atoms with van der Waals surface area (Å²) in [6.45, 7) is 0. The van der Waals surface area contributed by atoms with E-state index >= 15 is 0 Å². The first kappa shape index (κ1) is 10.1. The van der Waals surface area contributed by atoms with Crippen LogP contribution in [-0.4, -0.2) is 5.96 Å². The van der Waals surface area contributed by atoms with E-state index in [4.69, 9.17) is 11.5 Å². The van der Waals surface area contributed by atoms with Crippen molar-refractivity contribution in [3.63, 3.8) is 0 Å². The smallest absolute Gasteiger partial charge is 0.209 e. The summed E-state index contributed by atoms with van der Waals surface area (Å²) >= 11 is 0. The Morgan fingerprint density at radius 3 is 2.53 bits per heavy atom. The van der Waals surface area contributed by atoms with Crippen LogP contribution in [0.15, 0.2) is 47.5 Å². The maximum atomic E-state index is 6.12. The van der Waals surface area contributed by atoms with Crippen molar-refractivity contribution in [3.05, 3.63) is 48.0 Å². The zero-order chi connectivity index (χ0) is 11.9. The summed E-state index contributed by atoms with van der Waals surface area (Å²) in [6, 6.07) is 14.1. The van der Waals surface area contributed by atoms with Gasteiger partial charge in [-0.25, -0.2) is 4.99 Å². The van der Waals surface area contributed by atoms with Crippen molar-refractivity contribution in [1.29, 1.82) is 0 Å². The highest BCUT2D eigenvalue weighted by molar-refractivity contribution is 5.84. The van der Waals surface area contributed by atoms with Crippen LogP contribution in [0.2, 0.25) is 0 Å². The minimum atomic E-state index is -0.992. The van der Waals surface area contributed by atoms with Gasteiger partial charge in [0.2, 0.25) is 11.7 Å². The number of nitrogens with two attached hydrogens (primary N) is 2. The zero-order valence-corrected chi connectivity index (χ0v) is 9.14. The largest absolute Gasteiger partial charge is 0.369 e. The number of guanidine groups is 1. The summed E-state index contributed by atoms with van der Waals surface area (Å²) in [4.78, 5) is 4.15. The molecule has 86 valence electrons. The van der Waals surface area contributed by atoms with Gasteiger partial charge in [-0.3, -0.25) is 11.2 Å². The minimum absolute atomic E-state index is 0.292. The van der Waals surface area contributed by atoms with E-state index in [0.29, 0.717) is 5.96 Å². The van der Waals surface area contributed by atoms with Gasteiger partial charge in [0.1, 0.15) is 0 Å². The number of hydrazine groups is 1. The van der Waals surface area contributed by atoms with E-state index in [9.17, 15) is 0 Å². The van der Waals surface area contributed by atoms with Crippen LogP contribution >= 0.6 is 0 Å². The number of fused-ring (bicyclic) bond motifs is 1. The van der Waals surface area contributed by atoms with E-state index in [-0.39, 0.29) is 0 Å². The summed E-state index contributed by atoms with van der Waals surface area (Å²) in [5, 5.41) is 2.29. The van der Waals surface area contributed by atoms with Crippen molar-refractivity contribution in [2.75, 3.05) is 0 Å². The highest BCUT2D eigenvalue weighted by Gasteiger charge is 2.31. The van der Waals surface area contributed by atoms with Crippen LogP contribution in [0, 0.1) is 0 Å². The first-order valence-electron chi connectivity index (χ1n) is 5.34. The number of benzene rings is 2. The molecule has 1 heterocycles. The molecule has 0 bridgehead atoms. The monoisotopic (exact) mass is 227 g/mol. The highest BCUT2D eigenvalue weighted by Crippen LogP contribution is 2.23. The molecule has 1 aliphatic heterocycles. The molecular formula is C12H13N5. The molecule has 2 aromatic rings. The SMILES string of the molecule is NC1=NC(N)(c2ccc3ccccc3c2)NN1. The van der Waals surface area contributed by atoms with Crippen molar-refractivity contribution < 1.29 is 0 Å². The second-order valence-electron chi connectivity index (χ2n) is 4.08. The number of nitrogens with one attached hydrogen (secondary N) is 2. The number of aliphatic imine (C=N–C) groups is 1. The van der Waals surface area contributed by atoms with Crippen LogP contribution in [0.4, 0.5) is 0 Å². The number of rotatable bonds is 1. The molecule has 0 fully saturated rings. The van der Waals surface area contributed by atoms with E-state index in [0.717, 1.165) is 10.9 Å². The molecular weight excluding hydrogens is 214 g/mol. The lowest BCUT2D eigenvalue weighted by atomic mass is 10.0. The van der Waals surface area contributed by atoms with Gasteiger partial charge in [0.25, 0.3) is 0 Å². The van der Waals surface area contributed by atoms with Crippen molar-refractivity contribution in [3.8, 4) is 0 Å². The summed E-state index contributed by atoms with van der Waals surface area (Å²) in [5.41, 5.74) is 18.1. The van der Waals surface area contributed by atoms with Gasteiger partial charge >= 0.3 is 0 Å². The molecule has 0 saturated heterocycles. The molecule has 5 nitrogen and oxygen atoms in total. The van der Waals surface area contributed by atoms with Crippen LogP contribution < -0.4 is 22.3 Å². The molecule has 0 amide bonds. The lowest BCUT2D eigenvalue weighted by molar-refractivity contribution is 0.375. The Balaban J connectivity index is 2.12. The predicted molar refractivity (Wildman–Crippen MR) is 67.7 cm³/mol. The molecule has 3 rings (SSSR count). The summed E-state index contributed by atoms with van der Waals surface area (Å²) in [6.07, 6.45) is 0. The van der Waals surface area contributed by atoms with Gasteiger partial charge in [-0.05, 0) is 16.8 Å². The maximum absolute atomic E-state index is 6.12. The van der Waals surface area contributed by atoms with Crippen LogP contribution in [0.3, 0.4) is 0 Å². The van der Waals surface area contributed by atoms with Crippen LogP contribution in [0.1, 0.15) is 5.56 Å². The third kappa shape index (κ3) is 1.61. The second-order valence-corrected chi connectivity index (χ2v) is 4.08. The summed E-state index contributed by atoms with van der Waals surface area (Å²) in [5.74, 6) is -0.700. The van der Waals surface area contributed by atoms with E-state index < -0.39 is 5.79 Å².